The van der Waals surface area contributed by atoms with E-state index in [4.69, 9.17) is 37.4 Å². The minimum absolute atomic E-state index is 0.117. The van der Waals surface area contributed by atoms with Crippen LogP contribution in [0.2, 0.25) is 10.0 Å². The maximum atomic E-state index is 12.0. The van der Waals surface area contributed by atoms with Gasteiger partial charge in [0.05, 0.1) is 23.4 Å². The number of benzene rings is 2. The molecule has 2 aromatic rings. The summed E-state index contributed by atoms with van der Waals surface area (Å²) < 4.78 is 17.2. The average Bonchev–Trinajstić information content (AvgIpc) is 3.05. The van der Waals surface area contributed by atoms with Gasteiger partial charge in [-0.05, 0) is 17.7 Å². The van der Waals surface area contributed by atoms with Crippen LogP contribution in [0.4, 0.5) is 0 Å². The topological polar surface area (TPSA) is 44.8 Å². The number of hydrogen-bond donors (Lipinski definition) is 0. The molecule has 7 heteroatoms. The molecule has 1 heterocycles. The predicted octanol–water partition coefficient (Wildman–Crippen LogP) is 4.74. The summed E-state index contributed by atoms with van der Waals surface area (Å²) >= 11 is 15.7. The lowest BCUT2D eigenvalue weighted by Crippen LogP contribution is -2.31. The first-order valence-electron chi connectivity index (χ1n) is 8.05. The molecule has 0 radical (unpaired) electrons. The fourth-order valence-corrected chi connectivity index (χ4v) is 3.88. The van der Waals surface area contributed by atoms with Gasteiger partial charge >= 0.3 is 5.97 Å². The lowest BCUT2D eigenvalue weighted by atomic mass is 10.1. The fourth-order valence-electron chi connectivity index (χ4n) is 2.73. The molecule has 26 heavy (non-hydrogen) atoms. The van der Waals surface area contributed by atoms with Crippen LogP contribution in [0.15, 0.2) is 48.5 Å². The number of alkyl halides is 1. The second-order valence-corrected chi connectivity index (χ2v) is 7.31. The van der Waals surface area contributed by atoms with Gasteiger partial charge in [-0.2, -0.15) is 0 Å². The van der Waals surface area contributed by atoms with E-state index in [1.54, 1.807) is 18.2 Å². The molecule has 1 fully saturated rings. The van der Waals surface area contributed by atoms with Gasteiger partial charge in [0, 0.05) is 10.6 Å². The van der Waals surface area contributed by atoms with Gasteiger partial charge in [0.25, 0.3) is 0 Å². The highest BCUT2D eigenvalue weighted by molar-refractivity contribution is 9.09. The minimum Gasteiger partial charge on any atom is -0.463 e. The summed E-state index contributed by atoms with van der Waals surface area (Å²) in [5, 5.41) is 1.38. The summed E-state index contributed by atoms with van der Waals surface area (Å²) in [6, 6.07) is 14.6. The SMILES string of the molecule is O=C(Cc1ccccc1)OC[C@H]1CO[C@](CBr)(c2ccc(Cl)cc2Cl)O1. The molecule has 1 aliphatic rings. The molecule has 138 valence electrons. The Bertz CT molecular complexity index is 771. The zero-order valence-corrected chi connectivity index (χ0v) is 16.9. The van der Waals surface area contributed by atoms with E-state index >= 15 is 0 Å². The zero-order chi connectivity index (χ0) is 18.6. The number of halogens is 3. The lowest BCUT2D eigenvalue weighted by molar-refractivity contribution is -0.168. The average molecular weight is 460 g/mol. The van der Waals surface area contributed by atoms with Crippen LogP contribution in [0.5, 0.6) is 0 Å². The van der Waals surface area contributed by atoms with Gasteiger partial charge in [0.1, 0.15) is 12.7 Å². The molecule has 3 rings (SSSR count). The molecule has 1 saturated heterocycles. The third-order valence-corrected chi connectivity index (χ3v) is 5.28. The van der Waals surface area contributed by atoms with Crippen molar-refractivity contribution in [2.75, 3.05) is 18.5 Å². The molecule has 0 saturated carbocycles. The van der Waals surface area contributed by atoms with Crippen molar-refractivity contribution in [2.24, 2.45) is 0 Å². The number of rotatable bonds is 6. The van der Waals surface area contributed by atoms with Crippen LogP contribution in [0, 0.1) is 0 Å². The highest BCUT2D eigenvalue weighted by atomic mass is 79.9. The fraction of sp³-hybridized carbons (Fsp3) is 0.316. The number of hydrogen-bond acceptors (Lipinski definition) is 4. The lowest BCUT2D eigenvalue weighted by Gasteiger charge is -2.27. The van der Waals surface area contributed by atoms with Crippen LogP contribution in [0.1, 0.15) is 11.1 Å². The first kappa shape index (κ1) is 19.6. The van der Waals surface area contributed by atoms with E-state index in [0.717, 1.165) is 5.56 Å². The first-order chi connectivity index (χ1) is 12.5. The van der Waals surface area contributed by atoms with Crippen molar-refractivity contribution in [1.29, 1.82) is 0 Å². The Morgan fingerprint density at radius 1 is 1.23 bits per heavy atom. The van der Waals surface area contributed by atoms with E-state index in [1.807, 2.05) is 30.3 Å². The van der Waals surface area contributed by atoms with Gasteiger partial charge in [0.15, 0.2) is 0 Å². The Kier molecular flexibility index (Phi) is 6.59. The number of ether oxygens (including phenoxy) is 3. The normalized spacial score (nSPS) is 22.3. The predicted molar refractivity (Wildman–Crippen MR) is 104 cm³/mol. The second-order valence-electron chi connectivity index (χ2n) is 5.91. The van der Waals surface area contributed by atoms with Gasteiger partial charge < -0.3 is 14.2 Å². The van der Waals surface area contributed by atoms with E-state index in [1.165, 1.54) is 0 Å². The third-order valence-electron chi connectivity index (χ3n) is 4.00. The van der Waals surface area contributed by atoms with Crippen LogP contribution in [-0.4, -0.2) is 30.6 Å². The Morgan fingerprint density at radius 2 is 2.00 bits per heavy atom. The molecule has 0 unspecified atom stereocenters. The van der Waals surface area contributed by atoms with Crippen molar-refractivity contribution in [1.82, 2.24) is 0 Å². The molecule has 0 aliphatic carbocycles. The van der Waals surface area contributed by atoms with Crippen molar-refractivity contribution < 1.29 is 19.0 Å². The molecule has 0 aromatic heterocycles. The first-order valence-corrected chi connectivity index (χ1v) is 9.93. The van der Waals surface area contributed by atoms with Gasteiger partial charge in [-0.15, -0.1) is 0 Å². The smallest absolute Gasteiger partial charge is 0.310 e. The molecule has 0 spiro atoms. The monoisotopic (exact) mass is 458 g/mol. The Balaban J connectivity index is 1.59. The maximum Gasteiger partial charge on any atom is 0.310 e. The van der Waals surface area contributed by atoms with Gasteiger partial charge in [-0.3, -0.25) is 4.79 Å². The molecular formula is C19H17BrCl2O4. The summed E-state index contributed by atoms with van der Waals surface area (Å²) in [5.41, 5.74) is 1.59. The van der Waals surface area contributed by atoms with E-state index in [9.17, 15) is 4.79 Å². The molecule has 0 bridgehead atoms. The molecule has 2 atom stereocenters. The number of esters is 1. The summed E-state index contributed by atoms with van der Waals surface area (Å²) in [6.45, 7) is 0.412. The van der Waals surface area contributed by atoms with Crippen LogP contribution in [-0.2, 0) is 31.2 Å². The van der Waals surface area contributed by atoms with Crippen molar-refractivity contribution in [2.45, 2.75) is 18.3 Å². The summed E-state index contributed by atoms with van der Waals surface area (Å²) in [5.74, 6) is -1.33. The second kappa shape index (κ2) is 8.72. The zero-order valence-electron chi connectivity index (χ0n) is 13.8. The van der Waals surface area contributed by atoms with E-state index < -0.39 is 5.79 Å². The molecule has 0 N–H and O–H groups in total. The number of carbonyl (C=O) groups excluding carboxylic acids is 1. The summed E-state index contributed by atoms with van der Waals surface area (Å²) in [4.78, 5) is 12.0. The Hall–Kier alpha value is -1.11. The van der Waals surface area contributed by atoms with Crippen LogP contribution < -0.4 is 0 Å². The molecular weight excluding hydrogens is 443 g/mol. The van der Waals surface area contributed by atoms with E-state index in [-0.39, 0.29) is 25.1 Å². The maximum absolute atomic E-state index is 12.0. The highest BCUT2D eigenvalue weighted by Gasteiger charge is 2.44. The van der Waals surface area contributed by atoms with Gasteiger partial charge in [-0.25, -0.2) is 0 Å². The molecule has 4 nitrogen and oxygen atoms in total. The standard InChI is InChI=1S/C19H17BrCl2O4/c20-12-19(16-7-6-14(21)9-17(16)22)25-11-15(26-19)10-24-18(23)8-13-4-2-1-3-5-13/h1-7,9,15H,8,10-12H2/t15-,19-/m0/s1. The van der Waals surface area contributed by atoms with Gasteiger partial charge in [0.2, 0.25) is 5.79 Å². The van der Waals surface area contributed by atoms with Crippen molar-refractivity contribution in [3.8, 4) is 0 Å². The van der Waals surface area contributed by atoms with Crippen LogP contribution >= 0.6 is 39.1 Å². The molecule has 0 amide bonds. The van der Waals surface area contributed by atoms with Crippen molar-refractivity contribution in [3.63, 3.8) is 0 Å². The van der Waals surface area contributed by atoms with E-state index in [0.29, 0.717) is 27.5 Å². The quantitative estimate of drug-likeness (QED) is 0.462. The van der Waals surface area contributed by atoms with Crippen LogP contribution in [0.3, 0.4) is 0 Å². The summed E-state index contributed by atoms with van der Waals surface area (Å²) in [6.07, 6.45) is -0.153. The summed E-state index contributed by atoms with van der Waals surface area (Å²) in [7, 11) is 0. The van der Waals surface area contributed by atoms with Gasteiger partial charge in [-0.1, -0.05) is 75.5 Å². The highest BCUT2D eigenvalue weighted by Crippen LogP contribution is 2.40. The van der Waals surface area contributed by atoms with Crippen molar-refractivity contribution in [3.05, 3.63) is 69.7 Å². The number of carbonyl (C=O) groups is 1. The third kappa shape index (κ3) is 4.59. The molecule has 2 aromatic carbocycles. The Morgan fingerprint density at radius 3 is 2.69 bits per heavy atom. The van der Waals surface area contributed by atoms with E-state index in [2.05, 4.69) is 15.9 Å². The largest absolute Gasteiger partial charge is 0.463 e. The van der Waals surface area contributed by atoms with Crippen LogP contribution in [0.25, 0.3) is 0 Å². The molecule has 1 aliphatic heterocycles. The minimum atomic E-state index is -1.03. The van der Waals surface area contributed by atoms with Crippen molar-refractivity contribution >= 4 is 45.1 Å². The Labute approximate surface area is 170 Å².